The molecule has 0 saturated carbocycles. The molecule has 0 bridgehead atoms. The third kappa shape index (κ3) is 5.58. The van der Waals surface area contributed by atoms with E-state index in [1.54, 1.807) is 18.9 Å². The average molecular weight is 157 g/mol. The molecule has 0 fully saturated rings. The first-order valence-electron chi connectivity index (χ1n) is 3.75. The molecule has 0 aliphatic carbocycles. The molecule has 0 unspecified atom stereocenters. The first kappa shape index (κ1) is 10.1. The standard InChI is InChI=1S/C8H15NO2/c1-7(10)5-4-6-9(3)8(2)11/h4-6H2,1-3H3. The number of hydrogen-bond donors (Lipinski definition) is 0. The van der Waals surface area contributed by atoms with Gasteiger partial charge >= 0.3 is 0 Å². The second-order valence-electron chi connectivity index (χ2n) is 2.75. The van der Waals surface area contributed by atoms with Gasteiger partial charge in [-0.25, -0.2) is 0 Å². The highest BCUT2D eigenvalue weighted by atomic mass is 16.2. The Morgan fingerprint density at radius 2 is 1.82 bits per heavy atom. The molecule has 0 heterocycles. The van der Waals surface area contributed by atoms with Crippen LogP contribution in [0.3, 0.4) is 0 Å². The fraction of sp³-hybridized carbons (Fsp3) is 0.750. The fourth-order valence-electron chi connectivity index (χ4n) is 0.723. The van der Waals surface area contributed by atoms with Gasteiger partial charge in [0.05, 0.1) is 0 Å². The van der Waals surface area contributed by atoms with Crippen LogP contribution in [0.5, 0.6) is 0 Å². The molecule has 0 aromatic rings. The quantitative estimate of drug-likeness (QED) is 0.606. The molecule has 0 rings (SSSR count). The topological polar surface area (TPSA) is 37.4 Å². The highest BCUT2D eigenvalue weighted by molar-refractivity contribution is 5.75. The summed E-state index contributed by atoms with van der Waals surface area (Å²) in [5.74, 6) is 0.232. The molecule has 0 aromatic carbocycles. The molecule has 0 spiro atoms. The van der Waals surface area contributed by atoms with Gasteiger partial charge in [-0.15, -0.1) is 0 Å². The van der Waals surface area contributed by atoms with E-state index in [1.165, 1.54) is 6.92 Å². The lowest BCUT2D eigenvalue weighted by Crippen LogP contribution is -2.25. The average Bonchev–Trinajstić information content (AvgIpc) is 1.86. The summed E-state index contributed by atoms with van der Waals surface area (Å²) in [5.41, 5.74) is 0. The van der Waals surface area contributed by atoms with Crippen molar-refractivity contribution in [1.82, 2.24) is 4.90 Å². The van der Waals surface area contributed by atoms with E-state index >= 15 is 0 Å². The van der Waals surface area contributed by atoms with Gasteiger partial charge in [0.15, 0.2) is 0 Å². The Bertz CT molecular complexity index is 154. The molecule has 3 nitrogen and oxygen atoms in total. The lowest BCUT2D eigenvalue weighted by Gasteiger charge is -2.13. The molecule has 0 saturated heterocycles. The molecule has 0 aromatic heterocycles. The minimum atomic E-state index is 0.0496. The van der Waals surface area contributed by atoms with Gasteiger partial charge in [-0.3, -0.25) is 4.79 Å². The summed E-state index contributed by atoms with van der Waals surface area (Å²) in [7, 11) is 1.74. The third-order valence-electron chi connectivity index (χ3n) is 1.56. The zero-order valence-electron chi connectivity index (χ0n) is 7.39. The number of ketones is 1. The summed E-state index contributed by atoms with van der Waals surface area (Å²) in [6, 6.07) is 0. The zero-order chi connectivity index (χ0) is 8.85. The molecule has 0 atom stereocenters. The monoisotopic (exact) mass is 157 g/mol. The minimum absolute atomic E-state index is 0.0496. The molecule has 0 aliphatic rings. The maximum Gasteiger partial charge on any atom is 0.219 e. The third-order valence-corrected chi connectivity index (χ3v) is 1.56. The Kier molecular flexibility index (Phi) is 4.50. The number of rotatable bonds is 4. The molecule has 64 valence electrons. The van der Waals surface area contributed by atoms with Gasteiger partial charge in [0.2, 0.25) is 5.91 Å². The van der Waals surface area contributed by atoms with Gasteiger partial charge in [0.1, 0.15) is 5.78 Å². The molecular formula is C8H15NO2. The second kappa shape index (κ2) is 4.88. The van der Waals surface area contributed by atoms with E-state index in [4.69, 9.17) is 0 Å². The van der Waals surface area contributed by atoms with E-state index in [0.29, 0.717) is 13.0 Å². The lowest BCUT2D eigenvalue weighted by molar-refractivity contribution is -0.128. The van der Waals surface area contributed by atoms with E-state index in [-0.39, 0.29) is 11.7 Å². The number of Topliss-reactive ketones (excluding diaryl/α,β-unsaturated/α-hetero) is 1. The SMILES string of the molecule is CC(=O)CCCN(C)C(C)=O. The van der Waals surface area contributed by atoms with E-state index in [2.05, 4.69) is 0 Å². The highest BCUT2D eigenvalue weighted by Gasteiger charge is 2.01. The van der Waals surface area contributed by atoms with E-state index in [9.17, 15) is 9.59 Å². The van der Waals surface area contributed by atoms with Crippen LogP contribution in [0.1, 0.15) is 26.7 Å². The Morgan fingerprint density at radius 3 is 2.18 bits per heavy atom. The predicted octanol–water partition coefficient (Wildman–Crippen LogP) is 0.834. The predicted molar refractivity (Wildman–Crippen MR) is 43.2 cm³/mol. The van der Waals surface area contributed by atoms with Crippen molar-refractivity contribution in [3.63, 3.8) is 0 Å². The van der Waals surface area contributed by atoms with Crippen molar-refractivity contribution in [2.45, 2.75) is 26.7 Å². The minimum Gasteiger partial charge on any atom is -0.346 e. The van der Waals surface area contributed by atoms with Crippen molar-refractivity contribution >= 4 is 11.7 Å². The summed E-state index contributed by atoms with van der Waals surface area (Å²) in [6.07, 6.45) is 1.34. The maximum absolute atomic E-state index is 10.7. The fourth-order valence-corrected chi connectivity index (χ4v) is 0.723. The zero-order valence-corrected chi connectivity index (χ0v) is 7.39. The molecule has 0 aliphatic heterocycles. The van der Waals surface area contributed by atoms with Crippen LogP contribution < -0.4 is 0 Å². The molecule has 11 heavy (non-hydrogen) atoms. The van der Waals surface area contributed by atoms with Crippen LogP contribution in [0.2, 0.25) is 0 Å². The smallest absolute Gasteiger partial charge is 0.219 e. The van der Waals surface area contributed by atoms with Crippen LogP contribution in [0, 0.1) is 0 Å². The number of carbonyl (C=O) groups is 2. The van der Waals surface area contributed by atoms with Crippen LogP contribution in [-0.4, -0.2) is 30.2 Å². The van der Waals surface area contributed by atoms with E-state index in [1.807, 2.05) is 0 Å². The normalized spacial score (nSPS) is 9.36. The Hall–Kier alpha value is -0.860. The van der Waals surface area contributed by atoms with Gasteiger partial charge in [-0.05, 0) is 13.3 Å². The second-order valence-corrected chi connectivity index (χ2v) is 2.75. The first-order chi connectivity index (χ1) is 5.04. The van der Waals surface area contributed by atoms with Crippen molar-refractivity contribution in [2.75, 3.05) is 13.6 Å². The Labute approximate surface area is 67.4 Å². The van der Waals surface area contributed by atoms with E-state index < -0.39 is 0 Å². The summed E-state index contributed by atoms with van der Waals surface area (Å²) < 4.78 is 0. The molecule has 0 radical (unpaired) electrons. The van der Waals surface area contributed by atoms with Crippen molar-refractivity contribution in [3.05, 3.63) is 0 Å². The number of amides is 1. The Morgan fingerprint density at radius 1 is 1.27 bits per heavy atom. The van der Waals surface area contributed by atoms with Crippen LogP contribution in [-0.2, 0) is 9.59 Å². The lowest BCUT2D eigenvalue weighted by atomic mass is 10.2. The number of carbonyl (C=O) groups excluding carboxylic acids is 2. The molecule has 0 N–H and O–H groups in total. The van der Waals surface area contributed by atoms with Gasteiger partial charge in [0, 0.05) is 26.9 Å². The van der Waals surface area contributed by atoms with Gasteiger partial charge in [0.25, 0.3) is 0 Å². The molecule has 3 heteroatoms. The largest absolute Gasteiger partial charge is 0.346 e. The van der Waals surface area contributed by atoms with Crippen LogP contribution >= 0.6 is 0 Å². The first-order valence-corrected chi connectivity index (χ1v) is 3.75. The highest BCUT2D eigenvalue weighted by Crippen LogP contribution is 1.93. The molecule has 1 amide bonds. The summed E-state index contributed by atoms with van der Waals surface area (Å²) in [5, 5.41) is 0. The van der Waals surface area contributed by atoms with Gasteiger partial charge in [-0.1, -0.05) is 0 Å². The van der Waals surface area contributed by atoms with Gasteiger partial charge < -0.3 is 9.69 Å². The van der Waals surface area contributed by atoms with Crippen LogP contribution in [0.15, 0.2) is 0 Å². The number of nitrogens with zero attached hydrogens (tertiary/aromatic N) is 1. The van der Waals surface area contributed by atoms with Crippen molar-refractivity contribution in [2.24, 2.45) is 0 Å². The van der Waals surface area contributed by atoms with Crippen LogP contribution in [0.25, 0.3) is 0 Å². The number of hydrogen-bond acceptors (Lipinski definition) is 2. The summed E-state index contributed by atoms with van der Waals surface area (Å²) in [4.78, 5) is 22.8. The van der Waals surface area contributed by atoms with E-state index in [0.717, 1.165) is 6.42 Å². The van der Waals surface area contributed by atoms with Crippen molar-refractivity contribution in [1.29, 1.82) is 0 Å². The summed E-state index contributed by atoms with van der Waals surface area (Å²) in [6.45, 7) is 3.76. The van der Waals surface area contributed by atoms with Crippen molar-refractivity contribution in [3.8, 4) is 0 Å². The van der Waals surface area contributed by atoms with Gasteiger partial charge in [-0.2, -0.15) is 0 Å². The maximum atomic E-state index is 10.7. The van der Waals surface area contributed by atoms with Crippen molar-refractivity contribution < 1.29 is 9.59 Å². The molecular weight excluding hydrogens is 142 g/mol. The Balaban J connectivity index is 3.39. The summed E-state index contributed by atoms with van der Waals surface area (Å²) >= 11 is 0. The van der Waals surface area contributed by atoms with Crippen LogP contribution in [0.4, 0.5) is 0 Å².